The Morgan fingerprint density at radius 1 is 1.29 bits per heavy atom. The summed E-state index contributed by atoms with van der Waals surface area (Å²) in [6.07, 6.45) is 0. The molecular formula is C11H11ClF3NO4S. The summed E-state index contributed by atoms with van der Waals surface area (Å²) in [4.78, 5) is 0. The van der Waals surface area contributed by atoms with Crippen molar-refractivity contribution >= 4 is 27.6 Å². The molecule has 2 rings (SSSR count). The quantitative estimate of drug-likeness (QED) is 0.442. The fraction of sp³-hybridized carbons (Fsp3) is 0.364. The van der Waals surface area contributed by atoms with E-state index in [2.05, 4.69) is 4.58 Å². The molecule has 1 aliphatic rings. The maximum absolute atomic E-state index is 10.7. The van der Waals surface area contributed by atoms with Crippen LogP contribution in [-0.4, -0.2) is 49.2 Å². The Balaban J connectivity index is 0.000000240. The van der Waals surface area contributed by atoms with Crippen LogP contribution in [-0.2, 0) is 14.9 Å². The third-order valence-electron chi connectivity index (χ3n) is 2.39. The van der Waals surface area contributed by atoms with Crippen molar-refractivity contribution < 1.29 is 35.5 Å². The fourth-order valence-electron chi connectivity index (χ4n) is 1.39. The molecule has 0 saturated carbocycles. The second-order valence-corrected chi connectivity index (χ2v) is 5.79. The molecule has 21 heavy (non-hydrogen) atoms. The van der Waals surface area contributed by atoms with Crippen molar-refractivity contribution in [1.29, 1.82) is 0 Å². The van der Waals surface area contributed by atoms with Gasteiger partial charge >= 0.3 is 11.4 Å². The monoisotopic (exact) mass is 345 g/mol. The van der Waals surface area contributed by atoms with Gasteiger partial charge in [-0.1, -0.05) is 11.6 Å². The van der Waals surface area contributed by atoms with E-state index < -0.39 is 15.6 Å². The molecule has 0 atom stereocenters. The van der Waals surface area contributed by atoms with Gasteiger partial charge in [-0.05, 0) is 24.3 Å². The normalized spacial score (nSPS) is 15.3. The summed E-state index contributed by atoms with van der Waals surface area (Å²) in [6, 6.07) is 7.69. The second kappa shape index (κ2) is 6.63. The molecule has 0 spiro atoms. The molecule has 1 aromatic rings. The maximum Gasteiger partial charge on any atom is 0.485 e. The van der Waals surface area contributed by atoms with Crippen molar-refractivity contribution in [3.8, 4) is 0 Å². The first-order chi connectivity index (χ1) is 9.52. The van der Waals surface area contributed by atoms with Crippen LogP contribution in [0.2, 0.25) is 5.02 Å². The van der Waals surface area contributed by atoms with Gasteiger partial charge in [-0.2, -0.15) is 17.7 Å². The Hall–Kier alpha value is -1.32. The van der Waals surface area contributed by atoms with Crippen molar-refractivity contribution in [1.82, 2.24) is 0 Å². The van der Waals surface area contributed by atoms with E-state index in [0.29, 0.717) is 0 Å². The van der Waals surface area contributed by atoms with Crippen molar-refractivity contribution in [3.05, 3.63) is 34.9 Å². The van der Waals surface area contributed by atoms with Crippen LogP contribution in [0.4, 0.5) is 13.2 Å². The molecule has 0 aliphatic carbocycles. The third-order valence-corrected chi connectivity index (χ3v) is 3.21. The summed E-state index contributed by atoms with van der Waals surface area (Å²) in [5.74, 6) is 0.941. The minimum atomic E-state index is -6.09. The lowest BCUT2D eigenvalue weighted by atomic mass is 10.2. The van der Waals surface area contributed by atoms with E-state index in [1.165, 1.54) is 0 Å². The third kappa shape index (κ3) is 5.18. The number of halogens is 4. The zero-order chi connectivity index (χ0) is 16.3. The van der Waals surface area contributed by atoms with E-state index in [0.717, 1.165) is 29.6 Å². The maximum atomic E-state index is 10.7. The smallest absolute Gasteiger partial charge is 0.485 e. The first-order valence-electron chi connectivity index (χ1n) is 5.51. The molecule has 0 amide bonds. The lowest BCUT2D eigenvalue weighted by Gasteiger charge is -2.08. The van der Waals surface area contributed by atoms with E-state index in [1.807, 2.05) is 31.3 Å². The van der Waals surface area contributed by atoms with Crippen molar-refractivity contribution in [3.63, 3.8) is 0 Å². The molecule has 0 fully saturated rings. The van der Waals surface area contributed by atoms with E-state index in [9.17, 15) is 13.2 Å². The number of benzene rings is 1. The van der Waals surface area contributed by atoms with Gasteiger partial charge in [0.15, 0.2) is 23.3 Å². The van der Waals surface area contributed by atoms with Crippen LogP contribution >= 0.6 is 11.6 Å². The molecule has 1 heterocycles. The molecule has 0 bridgehead atoms. The van der Waals surface area contributed by atoms with Gasteiger partial charge in [0.2, 0.25) is 0 Å². The van der Waals surface area contributed by atoms with Crippen LogP contribution in [0.25, 0.3) is 0 Å². The number of rotatable bonds is 1. The standard InChI is InChI=1S/C10H11ClNO.CHF3O3S/c1-12-6-7-13-10(12)8-2-4-9(11)5-3-8;2-1(3,4)8(5,6)7/h2-5H,6-7H2,1H3;(H,5,6,7)/q+1;/p-1. The average Bonchev–Trinajstić information content (AvgIpc) is 2.75. The molecule has 0 saturated heterocycles. The summed E-state index contributed by atoms with van der Waals surface area (Å²) in [7, 11) is -4.07. The van der Waals surface area contributed by atoms with Crippen LogP contribution in [0.3, 0.4) is 0 Å². The van der Waals surface area contributed by atoms with Gasteiger partial charge in [0.05, 0.1) is 5.56 Å². The molecule has 118 valence electrons. The number of likely N-dealkylation sites (N-methyl/N-ethyl adjacent to an activating group) is 1. The highest BCUT2D eigenvalue weighted by Gasteiger charge is 2.36. The van der Waals surface area contributed by atoms with Gasteiger partial charge in [0.25, 0.3) is 0 Å². The summed E-state index contributed by atoms with van der Waals surface area (Å²) < 4.78 is 66.5. The first-order valence-corrected chi connectivity index (χ1v) is 7.30. The highest BCUT2D eigenvalue weighted by Crippen LogP contribution is 2.20. The van der Waals surface area contributed by atoms with E-state index in [4.69, 9.17) is 29.3 Å². The van der Waals surface area contributed by atoms with Crippen molar-refractivity contribution in [2.24, 2.45) is 0 Å². The number of hydrogen-bond acceptors (Lipinski definition) is 4. The highest BCUT2D eigenvalue weighted by atomic mass is 35.5. The first kappa shape index (κ1) is 17.7. The number of nitrogens with zero attached hydrogens (tertiary/aromatic N) is 1. The van der Waals surface area contributed by atoms with Crippen LogP contribution in [0.15, 0.2) is 24.3 Å². The molecule has 1 aromatic carbocycles. The zero-order valence-corrected chi connectivity index (χ0v) is 12.3. The zero-order valence-electron chi connectivity index (χ0n) is 10.7. The van der Waals surface area contributed by atoms with Gasteiger partial charge in [0, 0.05) is 5.02 Å². The molecular weight excluding hydrogens is 335 g/mol. The van der Waals surface area contributed by atoms with Crippen LogP contribution in [0.1, 0.15) is 5.56 Å². The fourth-order valence-corrected chi connectivity index (χ4v) is 1.51. The van der Waals surface area contributed by atoms with E-state index in [1.54, 1.807) is 0 Å². The second-order valence-electron chi connectivity index (χ2n) is 3.98. The van der Waals surface area contributed by atoms with Crippen molar-refractivity contribution in [2.75, 3.05) is 20.2 Å². The molecule has 0 radical (unpaired) electrons. The average molecular weight is 346 g/mol. The van der Waals surface area contributed by atoms with Gasteiger partial charge in [-0.15, -0.1) is 0 Å². The van der Waals surface area contributed by atoms with Gasteiger partial charge in [-0.25, -0.2) is 8.42 Å². The van der Waals surface area contributed by atoms with Crippen LogP contribution < -0.4 is 0 Å². The Labute approximate surface area is 124 Å². The molecule has 0 unspecified atom stereocenters. The highest BCUT2D eigenvalue weighted by molar-refractivity contribution is 7.86. The van der Waals surface area contributed by atoms with Gasteiger partial charge in [-0.3, -0.25) is 0 Å². The number of alkyl halides is 3. The SMILES string of the molecule is C[N+]1=C(c2ccc(Cl)cc2)OCC1.O=S(=O)([O-])C(F)(F)F. The summed E-state index contributed by atoms with van der Waals surface area (Å²) in [6.45, 7) is 1.73. The van der Waals surface area contributed by atoms with Gasteiger partial charge in [0.1, 0.15) is 7.05 Å². The lowest BCUT2D eigenvalue weighted by molar-refractivity contribution is -0.486. The Kier molecular flexibility index (Phi) is 5.60. The molecule has 10 heteroatoms. The number of ether oxygens (including phenoxy) is 1. The van der Waals surface area contributed by atoms with Crippen molar-refractivity contribution in [2.45, 2.75) is 5.51 Å². The predicted molar refractivity (Wildman–Crippen MR) is 68.3 cm³/mol. The van der Waals surface area contributed by atoms with E-state index >= 15 is 0 Å². The van der Waals surface area contributed by atoms with Crippen LogP contribution in [0.5, 0.6) is 0 Å². The molecule has 0 N–H and O–H groups in total. The Morgan fingerprint density at radius 2 is 1.76 bits per heavy atom. The molecule has 1 aliphatic heterocycles. The molecule has 5 nitrogen and oxygen atoms in total. The predicted octanol–water partition coefficient (Wildman–Crippen LogP) is 1.81. The Morgan fingerprint density at radius 3 is 2.10 bits per heavy atom. The largest absolute Gasteiger partial charge is 0.741 e. The Bertz CT molecular complexity index is 626. The van der Waals surface area contributed by atoms with E-state index in [-0.39, 0.29) is 0 Å². The topological polar surface area (TPSA) is 69.4 Å². The lowest BCUT2D eigenvalue weighted by Crippen LogP contribution is -2.21. The number of hydrogen-bond donors (Lipinski definition) is 0. The van der Waals surface area contributed by atoms with Gasteiger partial charge < -0.3 is 9.29 Å². The summed E-state index contributed by atoms with van der Waals surface area (Å²) in [5, 5.41) is 0.755. The molecule has 0 aromatic heterocycles. The summed E-state index contributed by atoms with van der Waals surface area (Å²) >= 11 is 5.79. The minimum absolute atomic E-state index is 0.755. The van der Waals surface area contributed by atoms with Crippen LogP contribution in [0, 0.1) is 0 Å². The minimum Gasteiger partial charge on any atom is -0.741 e. The summed E-state index contributed by atoms with van der Waals surface area (Å²) in [5.41, 5.74) is -4.56.